The van der Waals surface area contributed by atoms with Gasteiger partial charge >= 0.3 is 5.97 Å². The fourth-order valence-corrected chi connectivity index (χ4v) is 8.13. The van der Waals surface area contributed by atoms with Crippen LogP contribution in [0.5, 0.6) is 11.5 Å². The van der Waals surface area contributed by atoms with E-state index in [-0.39, 0.29) is 40.9 Å². The third kappa shape index (κ3) is 16.0. The minimum absolute atomic E-state index is 0.113. The van der Waals surface area contributed by atoms with E-state index in [9.17, 15) is 27.2 Å². The van der Waals surface area contributed by atoms with Crippen LogP contribution in [0.25, 0.3) is 0 Å². The van der Waals surface area contributed by atoms with Crippen LogP contribution in [0.2, 0.25) is 10.0 Å². The Kier molecular flexibility index (Phi) is 20.2. The van der Waals surface area contributed by atoms with Crippen molar-refractivity contribution in [3.63, 3.8) is 0 Å². The van der Waals surface area contributed by atoms with Gasteiger partial charge < -0.3 is 25.6 Å². The molecule has 0 spiro atoms. The molecule has 8 rings (SSSR count). The lowest BCUT2D eigenvalue weighted by Crippen LogP contribution is -2.43. The molecule has 69 heavy (non-hydrogen) atoms. The van der Waals surface area contributed by atoms with E-state index in [1.54, 1.807) is 97.1 Å². The molecule has 364 valence electrons. The van der Waals surface area contributed by atoms with Gasteiger partial charge in [0.15, 0.2) is 23.1 Å². The number of carboxylic acids is 1. The average molecular weight is 990 g/mol. The van der Waals surface area contributed by atoms with E-state index in [1.807, 2.05) is 0 Å². The second-order valence-corrected chi connectivity index (χ2v) is 17.3. The summed E-state index contributed by atoms with van der Waals surface area (Å²) in [5, 5.41) is 13.1. The van der Waals surface area contributed by atoms with Gasteiger partial charge in [0.1, 0.15) is 24.8 Å². The van der Waals surface area contributed by atoms with Gasteiger partial charge in [0.05, 0.1) is 30.4 Å². The van der Waals surface area contributed by atoms with Gasteiger partial charge in [-0.15, -0.1) is 0 Å². The summed E-state index contributed by atoms with van der Waals surface area (Å²) in [7, 11) is 0. The van der Waals surface area contributed by atoms with Crippen LogP contribution in [0, 0.1) is 35.1 Å². The van der Waals surface area contributed by atoms with Crippen LogP contribution >= 0.6 is 23.2 Å². The molecule has 0 aliphatic carbocycles. The largest absolute Gasteiger partial charge is 0.489 e. The minimum atomic E-state index is -0.706. The number of aromatic nitrogens is 2. The average Bonchev–Trinajstić information content (AvgIpc) is 3.36. The van der Waals surface area contributed by atoms with Gasteiger partial charge in [-0.05, 0) is 124 Å². The van der Waals surface area contributed by atoms with Crippen LogP contribution in [0.3, 0.4) is 0 Å². The van der Waals surface area contributed by atoms with E-state index in [0.717, 1.165) is 49.7 Å². The summed E-state index contributed by atoms with van der Waals surface area (Å²) >= 11 is 11.8. The van der Waals surface area contributed by atoms with Crippen LogP contribution in [0.15, 0.2) is 134 Å². The Morgan fingerprint density at radius 1 is 0.623 bits per heavy atom. The first-order valence-corrected chi connectivity index (χ1v) is 23.3. The molecule has 17 heteroatoms. The molecule has 2 atom stereocenters. The van der Waals surface area contributed by atoms with Crippen molar-refractivity contribution >= 4 is 35.1 Å². The highest BCUT2D eigenvalue weighted by molar-refractivity contribution is 6.30. The molecule has 6 aromatic rings. The van der Waals surface area contributed by atoms with Gasteiger partial charge in [-0.3, -0.25) is 29.4 Å². The molecule has 4 heterocycles. The molecular weight excluding hydrogens is 936 g/mol. The molecule has 1 amide bonds. The summed E-state index contributed by atoms with van der Waals surface area (Å²) in [6.45, 7) is 5.12. The normalized spacial score (nSPS) is 15.3. The maximum atomic E-state index is 14.5. The van der Waals surface area contributed by atoms with Gasteiger partial charge in [-0.1, -0.05) is 71.7 Å². The summed E-state index contributed by atoms with van der Waals surface area (Å²) in [6, 6.07) is 28.7. The number of hydrogen-bond donors (Lipinski definition) is 3. The first-order valence-electron chi connectivity index (χ1n) is 22.5. The van der Waals surface area contributed by atoms with Crippen LogP contribution in [-0.4, -0.2) is 89.2 Å². The second-order valence-electron chi connectivity index (χ2n) is 16.4. The Balaban J connectivity index is 0.000000188. The van der Waals surface area contributed by atoms with Crippen molar-refractivity contribution in [2.24, 2.45) is 17.6 Å². The van der Waals surface area contributed by atoms with Crippen LogP contribution in [0.4, 0.5) is 17.6 Å². The van der Waals surface area contributed by atoms with Crippen LogP contribution in [0.1, 0.15) is 60.0 Å². The van der Waals surface area contributed by atoms with Crippen LogP contribution < -0.4 is 20.5 Å². The molecular formula is C52H54Cl2F4N6O5. The SMILES string of the molecule is NC(c1ccc(Cl)cc1)c1ccncc1F.O=C(NC(c1ccc(Cl)cc1)c1ccncc1F)C1CCN(CCOc2ccccc2F)CC1.O=C(O)C1CCN(CCOc2ccccc2F)CC1. The predicted molar refractivity (Wildman–Crippen MR) is 257 cm³/mol. The summed E-state index contributed by atoms with van der Waals surface area (Å²) in [4.78, 5) is 35.8. The monoisotopic (exact) mass is 988 g/mol. The third-order valence-corrected chi connectivity index (χ3v) is 12.4. The maximum absolute atomic E-state index is 14.5. The quantitative estimate of drug-likeness (QED) is 0.0852. The summed E-state index contributed by atoms with van der Waals surface area (Å²) in [5.74, 6) is -2.31. The number of benzene rings is 4. The van der Waals surface area contributed by atoms with Gasteiger partial charge in [0, 0.05) is 52.6 Å². The molecule has 2 saturated heterocycles. The number of nitrogens with zero attached hydrogens (tertiary/aromatic N) is 4. The van der Waals surface area contributed by atoms with Crippen LogP contribution in [-0.2, 0) is 9.59 Å². The summed E-state index contributed by atoms with van der Waals surface area (Å²) < 4.78 is 65.9. The number of halogens is 6. The highest BCUT2D eigenvalue weighted by atomic mass is 35.5. The number of carbonyl (C=O) groups excluding carboxylic acids is 1. The highest BCUT2D eigenvalue weighted by Gasteiger charge is 2.29. The van der Waals surface area contributed by atoms with Crippen molar-refractivity contribution in [2.45, 2.75) is 37.8 Å². The van der Waals surface area contributed by atoms with Crippen molar-refractivity contribution in [1.82, 2.24) is 25.1 Å². The zero-order valence-corrected chi connectivity index (χ0v) is 39.2. The number of nitrogens with one attached hydrogen (secondary N) is 1. The van der Waals surface area contributed by atoms with Gasteiger partial charge in [0.2, 0.25) is 5.91 Å². The number of carbonyl (C=O) groups is 2. The number of likely N-dealkylation sites (tertiary alicyclic amines) is 2. The molecule has 0 saturated carbocycles. The van der Waals surface area contributed by atoms with Crippen molar-refractivity contribution in [1.29, 1.82) is 0 Å². The molecule has 2 aliphatic rings. The van der Waals surface area contributed by atoms with Gasteiger partial charge in [0.25, 0.3) is 0 Å². The lowest BCUT2D eigenvalue weighted by molar-refractivity contribution is -0.143. The van der Waals surface area contributed by atoms with Gasteiger partial charge in [-0.25, -0.2) is 17.6 Å². The molecule has 0 bridgehead atoms. The number of piperidine rings is 2. The number of ether oxygens (including phenoxy) is 2. The number of rotatable bonds is 15. The molecule has 11 nitrogen and oxygen atoms in total. The first kappa shape index (κ1) is 52.3. The molecule has 0 radical (unpaired) electrons. The Morgan fingerprint density at radius 3 is 1.51 bits per heavy atom. The number of nitrogens with two attached hydrogens (primary N) is 1. The Morgan fingerprint density at radius 2 is 1.06 bits per heavy atom. The minimum Gasteiger partial charge on any atom is -0.489 e. The van der Waals surface area contributed by atoms with Gasteiger partial charge in [-0.2, -0.15) is 0 Å². The number of para-hydroxylation sites is 2. The third-order valence-electron chi connectivity index (χ3n) is 11.9. The first-order chi connectivity index (χ1) is 33.4. The van der Waals surface area contributed by atoms with E-state index in [0.29, 0.717) is 73.2 Å². The van der Waals surface area contributed by atoms with E-state index < -0.39 is 29.7 Å². The standard InChI is InChI=1S/C26H26ClF2N3O2.C14H18FNO3.C12H10ClFN2/c27-20-7-5-18(6-8-20)25(21-9-12-30-17-23(21)29)31-26(33)19-10-13-32(14-11-19)15-16-34-24-4-2-1-3-22(24)28;15-12-3-1-2-4-13(12)19-10-9-16-7-5-11(6-8-16)14(17)18;13-9-3-1-8(2-4-9)12(15)10-5-6-16-7-11(10)14/h1-9,12,17,19,25H,10-11,13-16H2,(H,31,33);1-4,11H,5-10H2,(H,17,18);1-7,12H,15H2. The summed E-state index contributed by atoms with van der Waals surface area (Å²) in [6.07, 6.45) is 8.04. The lowest BCUT2D eigenvalue weighted by atomic mass is 9.93. The van der Waals surface area contributed by atoms with Crippen molar-refractivity contribution in [2.75, 3.05) is 52.5 Å². The fourth-order valence-electron chi connectivity index (χ4n) is 7.88. The number of amides is 1. The van der Waals surface area contributed by atoms with Crippen molar-refractivity contribution in [3.8, 4) is 11.5 Å². The Hall–Kier alpha value is -6.10. The van der Waals surface area contributed by atoms with Crippen molar-refractivity contribution < 1.29 is 41.7 Å². The molecule has 2 fully saturated rings. The molecule has 4 N–H and O–H groups in total. The number of hydrogen-bond acceptors (Lipinski definition) is 9. The number of aliphatic carboxylic acids is 1. The molecule has 2 aromatic heterocycles. The second kappa shape index (κ2) is 26.6. The molecule has 4 aromatic carbocycles. The molecule has 2 aliphatic heterocycles. The van der Waals surface area contributed by atoms with E-state index in [4.69, 9.17) is 43.5 Å². The molecule has 2 unspecified atom stereocenters. The number of pyridine rings is 2. The zero-order chi connectivity index (χ0) is 49.1. The van der Waals surface area contributed by atoms with Crippen molar-refractivity contribution in [3.05, 3.63) is 190 Å². The number of carboxylic acid groups (broad SMARTS) is 1. The lowest BCUT2D eigenvalue weighted by Gasteiger charge is -2.32. The summed E-state index contributed by atoms with van der Waals surface area (Å²) in [5.41, 5.74) is 8.30. The maximum Gasteiger partial charge on any atom is 0.306 e. The topological polar surface area (TPSA) is 143 Å². The Bertz CT molecular complexity index is 2550. The Labute approximate surface area is 409 Å². The van der Waals surface area contributed by atoms with E-state index >= 15 is 0 Å². The highest BCUT2D eigenvalue weighted by Crippen LogP contribution is 2.28. The van der Waals surface area contributed by atoms with E-state index in [1.165, 1.54) is 24.5 Å². The fraction of sp³-hybridized carbons (Fsp3) is 0.308. The zero-order valence-electron chi connectivity index (χ0n) is 37.7. The smallest absolute Gasteiger partial charge is 0.306 e. The van der Waals surface area contributed by atoms with E-state index in [2.05, 4.69) is 25.1 Å². The predicted octanol–water partition coefficient (Wildman–Crippen LogP) is 9.93.